The van der Waals surface area contributed by atoms with Gasteiger partial charge in [-0.1, -0.05) is 54.1 Å². The molecule has 2 heterocycles. The van der Waals surface area contributed by atoms with Crippen LogP contribution >= 0.6 is 11.6 Å². The molecule has 126 valence electrons. The minimum absolute atomic E-state index is 0.273. The van der Waals surface area contributed by atoms with E-state index in [4.69, 9.17) is 11.6 Å². The molecule has 5 nitrogen and oxygen atoms in total. The molecule has 0 unspecified atom stereocenters. The third-order valence-electron chi connectivity index (χ3n) is 3.82. The first-order valence-electron chi connectivity index (χ1n) is 7.95. The fourth-order valence-electron chi connectivity index (χ4n) is 2.61. The number of hydrogen-bond donors (Lipinski definition) is 0. The Morgan fingerprint density at radius 3 is 2.27 bits per heavy atom. The minimum atomic E-state index is -0.273. The molecule has 0 aliphatic carbocycles. The van der Waals surface area contributed by atoms with Gasteiger partial charge in [0.1, 0.15) is 5.70 Å². The number of amidine groups is 1. The van der Waals surface area contributed by atoms with Gasteiger partial charge in [0.15, 0.2) is 5.84 Å². The van der Waals surface area contributed by atoms with Crippen molar-refractivity contribution in [3.05, 3.63) is 94.9 Å². The van der Waals surface area contributed by atoms with E-state index < -0.39 is 0 Å². The molecule has 1 aliphatic rings. The van der Waals surface area contributed by atoms with Crippen LogP contribution in [-0.4, -0.2) is 21.7 Å². The van der Waals surface area contributed by atoms with Crippen LogP contribution in [0.15, 0.2) is 83.7 Å². The van der Waals surface area contributed by atoms with Gasteiger partial charge in [0.05, 0.1) is 0 Å². The number of nitrogens with zero attached hydrogens (tertiary/aromatic N) is 4. The molecular weight excluding hydrogens is 348 g/mol. The molecule has 26 heavy (non-hydrogen) atoms. The van der Waals surface area contributed by atoms with Gasteiger partial charge in [-0.25, -0.2) is 19.9 Å². The zero-order valence-electron chi connectivity index (χ0n) is 13.6. The standard InChI is InChI=1S/C20H13ClN4O/c21-16-9-7-14(8-10-16)13-17-19(26)25(20-22-11-4-12-23-20)18(24-17)15-5-2-1-3-6-15/h1-13H. The molecule has 1 amide bonds. The highest BCUT2D eigenvalue weighted by Gasteiger charge is 2.34. The lowest BCUT2D eigenvalue weighted by atomic mass is 10.2. The second-order valence-electron chi connectivity index (χ2n) is 5.57. The molecule has 3 aromatic rings. The van der Waals surface area contributed by atoms with Gasteiger partial charge in [-0.05, 0) is 29.8 Å². The quantitative estimate of drug-likeness (QED) is 0.664. The maximum absolute atomic E-state index is 13.0. The summed E-state index contributed by atoms with van der Waals surface area (Å²) in [7, 11) is 0. The SMILES string of the molecule is O=C1C(=Cc2ccc(Cl)cc2)N=C(c2ccccc2)N1c1ncccn1. The molecule has 1 aliphatic heterocycles. The Morgan fingerprint density at radius 2 is 1.58 bits per heavy atom. The van der Waals surface area contributed by atoms with Gasteiger partial charge < -0.3 is 0 Å². The maximum atomic E-state index is 13.0. The van der Waals surface area contributed by atoms with Gasteiger partial charge in [0.2, 0.25) is 5.95 Å². The molecule has 0 saturated heterocycles. The van der Waals surface area contributed by atoms with Crippen LogP contribution in [0.5, 0.6) is 0 Å². The molecule has 0 N–H and O–H groups in total. The summed E-state index contributed by atoms with van der Waals surface area (Å²) >= 11 is 5.92. The van der Waals surface area contributed by atoms with E-state index in [0.717, 1.165) is 11.1 Å². The van der Waals surface area contributed by atoms with Crippen molar-refractivity contribution in [3.63, 3.8) is 0 Å². The lowest BCUT2D eigenvalue weighted by Crippen LogP contribution is -2.34. The molecule has 0 bridgehead atoms. The Balaban J connectivity index is 1.81. The fourth-order valence-corrected chi connectivity index (χ4v) is 2.73. The van der Waals surface area contributed by atoms with Gasteiger partial charge in [-0.15, -0.1) is 0 Å². The van der Waals surface area contributed by atoms with Crippen LogP contribution in [-0.2, 0) is 4.79 Å². The van der Waals surface area contributed by atoms with Gasteiger partial charge >= 0.3 is 0 Å². The number of carbonyl (C=O) groups is 1. The summed E-state index contributed by atoms with van der Waals surface area (Å²) in [6.45, 7) is 0. The van der Waals surface area contributed by atoms with E-state index in [-0.39, 0.29) is 5.91 Å². The van der Waals surface area contributed by atoms with Crippen molar-refractivity contribution in [1.29, 1.82) is 0 Å². The predicted octanol–water partition coefficient (Wildman–Crippen LogP) is 3.96. The fraction of sp³-hybridized carbons (Fsp3) is 0. The van der Waals surface area contributed by atoms with Crippen molar-refractivity contribution in [2.24, 2.45) is 4.99 Å². The highest BCUT2D eigenvalue weighted by atomic mass is 35.5. The number of aromatic nitrogens is 2. The zero-order valence-corrected chi connectivity index (χ0v) is 14.3. The van der Waals surface area contributed by atoms with Gasteiger partial charge in [-0.3, -0.25) is 4.79 Å². The van der Waals surface area contributed by atoms with Gasteiger partial charge in [0, 0.05) is 23.0 Å². The Kier molecular flexibility index (Phi) is 4.29. The highest BCUT2D eigenvalue weighted by Crippen LogP contribution is 2.25. The number of rotatable bonds is 3. The van der Waals surface area contributed by atoms with E-state index in [1.807, 2.05) is 42.5 Å². The summed E-state index contributed by atoms with van der Waals surface area (Å²) in [6.07, 6.45) is 4.92. The number of halogens is 1. The van der Waals surface area contributed by atoms with Crippen LogP contribution in [0.25, 0.3) is 6.08 Å². The summed E-state index contributed by atoms with van der Waals surface area (Å²) in [5, 5.41) is 0.637. The largest absolute Gasteiger partial charge is 0.285 e. The van der Waals surface area contributed by atoms with Crippen LogP contribution in [0.4, 0.5) is 5.95 Å². The van der Waals surface area contributed by atoms with Crippen molar-refractivity contribution in [3.8, 4) is 0 Å². The molecule has 4 rings (SSSR count). The molecular formula is C20H13ClN4O. The monoisotopic (exact) mass is 360 g/mol. The number of anilines is 1. The first-order valence-corrected chi connectivity index (χ1v) is 8.33. The Hall–Kier alpha value is -3.31. The van der Waals surface area contributed by atoms with Crippen molar-refractivity contribution in [2.45, 2.75) is 0 Å². The summed E-state index contributed by atoms with van der Waals surface area (Å²) in [5.74, 6) is 0.520. The Morgan fingerprint density at radius 1 is 0.885 bits per heavy atom. The van der Waals surface area contributed by atoms with E-state index in [9.17, 15) is 4.79 Å². The first kappa shape index (κ1) is 16.2. The average molecular weight is 361 g/mol. The minimum Gasteiger partial charge on any atom is -0.266 e. The maximum Gasteiger partial charge on any atom is 0.285 e. The zero-order chi connectivity index (χ0) is 17.9. The molecule has 0 saturated carbocycles. The summed E-state index contributed by atoms with van der Waals surface area (Å²) < 4.78 is 0. The van der Waals surface area contributed by atoms with E-state index in [0.29, 0.717) is 22.5 Å². The Bertz CT molecular complexity index is 999. The van der Waals surface area contributed by atoms with Crippen molar-refractivity contribution < 1.29 is 4.79 Å². The number of hydrogen-bond acceptors (Lipinski definition) is 4. The van der Waals surface area contributed by atoms with Crippen molar-refractivity contribution in [1.82, 2.24) is 9.97 Å². The third kappa shape index (κ3) is 3.12. The lowest BCUT2D eigenvalue weighted by Gasteiger charge is -2.15. The van der Waals surface area contributed by atoms with Crippen LogP contribution in [0.3, 0.4) is 0 Å². The number of carbonyl (C=O) groups excluding carboxylic acids is 1. The van der Waals surface area contributed by atoms with Crippen LogP contribution in [0.1, 0.15) is 11.1 Å². The highest BCUT2D eigenvalue weighted by molar-refractivity contribution is 6.32. The number of benzene rings is 2. The lowest BCUT2D eigenvalue weighted by molar-refractivity contribution is -0.113. The smallest absolute Gasteiger partial charge is 0.266 e. The van der Waals surface area contributed by atoms with Crippen molar-refractivity contribution in [2.75, 3.05) is 4.90 Å². The normalized spacial score (nSPS) is 15.4. The molecule has 0 radical (unpaired) electrons. The molecule has 0 spiro atoms. The van der Waals surface area contributed by atoms with Crippen LogP contribution < -0.4 is 4.90 Å². The van der Waals surface area contributed by atoms with E-state index in [2.05, 4.69) is 15.0 Å². The molecule has 6 heteroatoms. The second-order valence-corrected chi connectivity index (χ2v) is 6.01. The number of aliphatic imine (C=N–C) groups is 1. The van der Waals surface area contributed by atoms with E-state index >= 15 is 0 Å². The van der Waals surface area contributed by atoms with Gasteiger partial charge in [-0.2, -0.15) is 0 Å². The Labute approximate surface area is 155 Å². The predicted molar refractivity (Wildman–Crippen MR) is 102 cm³/mol. The molecule has 2 aromatic carbocycles. The molecule has 0 atom stereocenters. The van der Waals surface area contributed by atoms with E-state index in [1.165, 1.54) is 4.90 Å². The average Bonchev–Trinajstić information content (AvgIpc) is 3.01. The molecule has 1 aromatic heterocycles. The second kappa shape index (κ2) is 6.90. The third-order valence-corrected chi connectivity index (χ3v) is 4.07. The van der Waals surface area contributed by atoms with Crippen molar-refractivity contribution >= 4 is 35.4 Å². The molecule has 0 fully saturated rings. The van der Waals surface area contributed by atoms with Crippen LogP contribution in [0, 0.1) is 0 Å². The summed E-state index contributed by atoms with van der Waals surface area (Å²) in [4.78, 5) is 27.4. The topological polar surface area (TPSA) is 58.5 Å². The van der Waals surface area contributed by atoms with E-state index in [1.54, 1.807) is 36.7 Å². The van der Waals surface area contributed by atoms with Gasteiger partial charge in [0.25, 0.3) is 5.91 Å². The summed E-state index contributed by atoms with van der Waals surface area (Å²) in [6, 6.07) is 18.4. The summed E-state index contributed by atoms with van der Waals surface area (Å²) in [5.41, 5.74) is 1.97. The first-order chi connectivity index (χ1) is 12.7. The number of amides is 1. The van der Waals surface area contributed by atoms with Crippen LogP contribution in [0.2, 0.25) is 5.02 Å².